The van der Waals surface area contributed by atoms with Gasteiger partial charge in [-0.05, 0) is 49.8 Å². The van der Waals surface area contributed by atoms with Gasteiger partial charge in [0.05, 0.1) is 11.9 Å². The number of rotatable bonds is 6. The van der Waals surface area contributed by atoms with Gasteiger partial charge >= 0.3 is 0 Å². The third kappa shape index (κ3) is 4.56. The predicted octanol–water partition coefficient (Wildman–Crippen LogP) is 2.40. The molecule has 0 bridgehead atoms. The molecule has 170 valence electrons. The van der Waals surface area contributed by atoms with Crippen LogP contribution in [0.3, 0.4) is 0 Å². The first-order valence-electron chi connectivity index (χ1n) is 11.1. The molecule has 0 unspecified atom stereocenters. The lowest BCUT2D eigenvalue weighted by atomic mass is 9.97. The first-order valence-corrected chi connectivity index (χ1v) is 12.1. The maximum absolute atomic E-state index is 13.4. The van der Waals surface area contributed by atoms with Gasteiger partial charge in [-0.2, -0.15) is 0 Å². The van der Waals surface area contributed by atoms with Crippen molar-refractivity contribution in [3.8, 4) is 0 Å². The average molecular weight is 454 g/mol. The van der Waals surface area contributed by atoms with Gasteiger partial charge in [0.25, 0.3) is 5.91 Å². The Morgan fingerprint density at radius 2 is 1.88 bits per heavy atom. The number of nitrogens with one attached hydrogen (secondary N) is 1. The molecule has 2 aromatic rings. The molecule has 0 spiro atoms. The van der Waals surface area contributed by atoms with Crippen LogP contribution in [0, 0.1) is 0 Å². The van der Waals surface area contributed by atoms with E-state index >= 15 is 0 Å². The second-order valence-corrected chi connectivity index (χ2v) is 10.8. The van der Waals surface area contributed by atoms with E-state index in [1.54, 1.807) is 11.8 Å². The fraction of sp³-hybridized carbons (Fsp3) is 0.440. The summed E-state index contributed by atoms with van der Waals surface area (Å²) >= 11 is 1.54. The number of fused-ring (bicyclic) bond motifs is 1. The highest BCUT2D eigenvalue weighted by Gasteiger charge is 2.50. The fourth-order valence-electron chi connectivity index (χ4n) is 4.72. The molecule has 2 aliphatic rings. The van der Waals surface area contributed by atoms with Crippen molar-refractivity contribution >= 4 is 23.6 Å². The maximum atomic E-state index is 13.4. The highest BCUT2D eigenvalue weighted by Crippen LogP contribution is 2.40. The Labute approximate surface area is 193 Å². The number of aliphatic hydroxyl groups excluding tert-OH is 1. The summed E-state index contributed by atoms with van der Waals surface area (Å²) in [5.74, 6) is -0.322. The number of amides is 2. The molecule has 4 rings (SSSR count). The van der Waals surface area contributed by atoms with Gasteiger partial charge in [-0.15, -0.1) is 11.8 Å². The van der Waals surface area contributed by atoms with Crippen molar-refractivity contribution in [1.29, 1.82) is 0 Å². The van der Waals surface area contributed by atoms with Gasteiger partial charge in [-0.1, -0.05) is 54.6 Å². The van der Waals surface area contributed by atoms with Gasteiger partial charge in [-0.3, -0.25) is 9.59 Å². The smallest absolute Gasteiger partial charge is 0.254 e. The molecule has 2 amide bonds. The number of aryl methyl sites for hydroxylation is 1. The van der Waals surface area contributed by atoms with Crippen LogP contribution in [0.4, 0.5) is 0 Å². The number of hydrogen-bond acceptors (Lipinski definition) is 5. The summed E-state index contributed by atoms with van der Waals surface area (Å²) in [7, 11) is 0. The van der Waals surface area contributed by atoms with Crippen molar-refractivity contribution in [2.75, 3.05) is 5.88 Å². The molecule has 2 aromatic carbocycles. The minimum absolute atomic E-state index is 0.0534. The Morgan fingerprint density at radius 1 is 1.19 bits per heavy atom. The zero-order valence-corrected chi connectivity index (χ0v) is 19.3. The average Bonchev–Trinajstić information content (AvgIpc) is 3.33. The minimum atomic E-state index is -1.37. The van der Waals surface area contributed by atoms with E-state index in [0.717, 1.165) is 24.0 Å². The summed E-state index contributed by atoms with van der Waals surface area (Å²) in [5, 5.41) is 13.9. The molecule has 1 saturated heterocycles. The van der Waals surface area contributed by atoms with E-state index in [9.17, 15) is 14.7 Å². The number of thioether (sulfide) groups is 1. The zero-order chi connectivity index (χ0) is 22.9. The zero-order valence-electron chi connectivity index (χ0n) is 18.5. The molecule has 1 aliphatic carbocycles. The second kappa shape index (κ2) is 9.25. The molecule has 7 heteroatoms. The van der Waals surface area contributed by atoms with Gasteiger partial charge in [-0.25, -0.2) is 0 Å². The summed E-state index contributed by atoms with van der Waals surface area (Å²) in [6.45, 7) is 3.93. The van der Waals surface area contributed by atoms with Crippen molar-refractivity contribution in [2.24, 2.45) is 5.73 Å². The number of hydrogen-bond donors (Lipinski definition) is 3. The summed E-state index contributed by atoms with van der Waals surface area (Å²) in [6.07, 6.45) is 0.796. The molecule has 6 nitrogen and oxygen atoms in total. The molecule has 1 heterocycles. The van der Waals surface area contributed by atoms with Crippen LogP contribution in [0.5, 0.6) is 0 Å². The number of nitrogens with zero attached hydrogens (tertiary/aromatic N) is 1. The number of benzene rings is 2. The Kier molecular flexibility index (Phi) is 6.60. The largest absolute Gasteiger partial charge is 0.382 e. The molecular weight excluding hydrogens is 422 g/mol. The van der Waals surface area contributed by atoms with Crippen LogP contribution in [-0.4, -0.2) is 50.6 Å². The van der Waals surface area contributed by atoms with Crippen LogP contribution in [0.25, 0.3) is 0 Å². The number of nitrogens with two attached hydrogens (primary N) is 1. The summed E-state index contributed by atoms with van der Waals surface area (Å²) in [4.78, 5) is 28.1. The van der Waals surface area contributed by atoms with Gasteiger partial charge < -0.3 is 21.1 Å². The monoisotopic (exact) mass is 453 g/mol. The minimum Gasteiger partial charge on any atom is -0.382 e. The maximum Gasteiger partial charge on any atom is 0.254 e. The molecule has 1 fully saturated rings. The van der Waals surface area contributed by atoms with E-state index in [4.69, 9.17) is 5.73 Å². The normalized spacial score (nSPS) is 23.4. The Morgan fingerprint density at radius 3 is 2.62 bits per heavy atom. The predicted molar refractivity (Wildman–Crippen MR) is 127 cm³/mol. The first-order chi connectivity index (χ1) is 15.3. The number of carbonyl (C=O) groups is 2. The van der Waals surface area contributed by atoms with Crippen LogP contribution in [0.15, 0.2) is 54.6 Å². The summed E-state index contributed by atoms with van der Waals surface area (Å²) in [5.41, 5.74) is 9.55. The number of carbonyl (C=O) groups excluding carboxylic acids is 2. The highest BCUT2D eigenvalue weighted by atomic mass is 32.2. The first kappa shape index (κ1) is 22.8. The molecule has 32 heavy (non-hydrogen) atoms. The van der Waals surface area contributed by atoms with E-state index in [1.807, 2.05) is 56.3 Å². The van der Waals surface area contributed by atoms with Crippen molar-refractivity contribution in [2.45, 2.75) is 62.1 Å². The van der Waals surface area contributed by atoms with E-state index in [0.29, 0.717) is 12.3 Å². The Balaban J connectivity index is 1.47. The van der Waals surface area contributed by atoms with E-state index < -0.39 is 28.8 Å². The van der Waals surface area contributed by atoms with Crippen molar-refractivity contribution < 1.29 is 14.7 Å². The molecule has 4 N–H and O–H groups in total. The van der Waals surface area contributed by atoms with Gasteiger partial charge in [0.15, 0.2) is 0 Å². The highest BCUT2D eigenvalue weighted by molar-refractivity contribution is 8.00. The Bertz CT molecular complexity index is 981. The second-order valence-electron chi connectivity index (χ2n) is 9.18. The van der Waals surface area contributed by atoms with Crippen LogP contribution >= 0.6 is 11.8 Å². The van der Waals surface area contributed by atoms with E-state index in [1.165, 1.54) is 10.5 Å². The van der Waals surface area contributed by atoms with Crippen molar-refractivity contribution in [3.05, 3.63) is 71.3 Å². The molecular formula is C25H31N3O3S. The molecule has 1 aliphatic heterocycles. The van der Waals surface area contributed by atoms with E-state index in [-0.39, 0.29) is 11.9 Å². The lowest BCUT2D eigenvalue weighted by Crippen LogP contribution is -2.57. The van der Waals surface area contributed by atoms with Gasteiger partial charge in [0.2, 0.25) is 5.91 Å². The summed E-state index contributed by atoms with van der Waals surface area (Å²) < 4.78 is -0.471. The lowest BCUT2D eigenvalue weighted by Gasteiger charge is -2.33. The third-order valence-corrected chi connectivity index (χ3v) is 7.87. The third-order valence-electron chi connectivity index (χ3n) is 6.50. The van der Waals surface area contributed by atoms with Crippen molar-refractivity contribution in [3.63, 3.8) is 0 Å². The van der Waals surface area contributed by atoms with Crippen LogP contribution in [-0.2, 0) is 22.4 Å². The van der Waals surface area contributed by atoms with Crippen LogP contribution in [0.2, 0.25) is 0 Å². The molecule has 0 saturated carbocycles. The van der Waals surface area contributed by atoms with Crippen LogP contribution < -0.4 is 11.1 Å². The lowest BCUT2D eigenvalue weighted by molar-refractivity contribution is -0.147. The number of aliphatic hydroxyl groups is 1. The summed E-state index contributed by atoms with van der Waals surface area (Å²) in [6, 6.07) is 16.2. The quantitative estimate of drug-likeness (QED) is 0.624. The van der Waals surface area contributed by atoms with Gasteiger partial charge in [0, 0.05) is 10.8 Å². The van der Waals surface area contributed by atoms with Gasteiger partial charge in [0.1, 0.15) is 12.1 Å². The van der Waals surface area contributed by atoms with Crippen molar-refractivity contribution in [1.82, 2.24) is 10.2 Å². The molecule has 0 radical (unpaired) electrons. The fourth-order valence-corrected chi connectivity index (χ4v) is 5.86. The SMILES string of the molecule is CC1(C)SCN(C(=O)[C@@H](O)[C@@H](N)Cc2ccccc2)[C@@H]1C(=O)N[C@H]1CCc2ccccc21. The van der Waals surface area contributed by atoms with E-state index in [2.05, 4.69) is 17.4 Å². The molecule has 4 atom stereocenters. The Hall–Kier alpha value is -2.35. The topological polar surface area (TPSA) is 95.7 Å². The van der Waals surface area contributed by atoms with Crippen LogP contribution in [0.1, 0.15) is 43.0 Å². The standard InChI is InChI=1S/C25H31N3O3S/c1-25(2)22(23(30)27-20-13-12-17-10-6-7-11-18(17)20)28(15-32-25)24(31)21(29)19(26)14-16-8-4-3-5-9-16/h3-11,19-22,29H,12-15,26H2,1-2H3,(H,27,30)/t19-,20-,21-,22+/m0/s1. The molecule has 0 aromatic heterocycles.